The maximum atomic E-state index is 13.3. The summed E-state index contributed by atoms with van der Waals surface area (Å²) in [6.45, 7) is 4.43. The number of rotatable bonds is 6. The van der Waals surface area contributed by atoms with Crippen molar-refractivity contribution in [3.63, 3.8) is 0 Å². The highest BCUT2D eigenvalue weighted by atomic mass is 19.1. The first kappa shape index (κ1) is 20.8. The first-order chi connectivity index (χ1) is 14.7. The van der Waals surface area contributed by atoms with Crippen LogP contribution >= 0.6 is 0 Å². The summed E-state index contributed by atoms with van der Waals surface area (Å²) in [7, 11) is 0. The van der Waals surface area contributed by atoms with Gasteiger partial charge in [0, 0.05) is 25.6 Å². The summed E-state index contributed by atoms with van der Waals surface area (Å²) in [4.78, 5) is 17.8. The molecule has 2 heterocycles. The molecule has 2 aliphatic heterocycles. The van der Waals surface area contributed by atoms with Crippen LogP contribution in [-0.4, -0.2) is 41.9 Å². The SMILES string of the molecule is O=C1[C@H](C2CCN(CCc3ccccc3)CC2)CC=CCN1Cc1ccc(F)cc1. The van der Waals surface area contributed by atoms with Crippen molar-refractivity contribution in [3.8, 4) is 0 Å². The van der Waals surface area contributed by atoms with E-state index in [1.807, 2.05) is 4.90 Å². The standard InChI is InChI=1S/C26H31FN2O/c27-24-11-9-22(10-12-24)20-29-16-5-4-8-25(26(29)30)23-14-18-28(19-15-23)17-13-21-6-2-1-3-7-21/h1-7,9-12,23,25H,8,13-20H2/t25-/m0/s1. The number of likely N-dealkylation sites (tertiary alicyclic amines) is 1. The van der Waals surface area contributed by atoms with E-state index < -0.39 is 0 Å². The van der Waals surface area contributed by atoms with Crippen molar-refractivity contribution in [1.29, 1.82) is 0 Å². The molecule has 30 heavy (non-hydrogen) atoms. The van der Waals surface area contributed by atoms with Crippen molar-refractivity contribution < 1.29 is 9.18 Å². The third-order valence-electron chi connectivity index (χ3n) is 6.56. The van der Waals surface area contributed by atoms with Crippen LogP contribution in [0.25, 0.3) is 0 Å². The molecule has 3 nitrogen and oxygen atoms in total. The second-order valence-corrected chi connectivity index (χ2v) is 8.57. The van der Waals surface area contributed by atoms with E-state index in [2.05, 4.69) is 47.4 Å². The van der Waals surface area contributed by atoms with Crippen molar-refractivity contribution in [2.45, 2.75) is 32.2 Å². The largest absolute Gasteiger partial charge is 0.334 e. The molecule has 2 aromatic rings. The molecule has 0 aromatic heterocycles. The van der Waals surface area contributed by atoms with E-state index in [-0.39, 0.29) is 17.6 Å². The summed E-state index contributed by atoms with van der Waals surface area (Å²) < 4.78 is 13.2. The van der Waals surface area contributed by atoms with Crippen LogP contribution in [-0.2, 0) is 17.8 Å². The van der Waals surface area contributed by atoms with Gasteiger partial charge in [0.25, 0.3) is 0 Å². The zero-order valence-corrected chi connectivity index (χ0v) is 17.6. The zero-order valence-electron chi connectivity index (χ0n) is 17.6. The highest BCUT2D eigenvalue weighted by Gasteiger charge is 2.34. The summed E-state index contributed by atoms with van der Waals surface area (Å²) in [5.41, 5.74) is 2.37. The Morgan fingerprint density at radius 1 is 0.900 bits per heavy atom. The molecule has 1 amide bonds. The molecule has 0 unspecified atom stereocenters. The van der Waals surface area contributed by atoms with Crippen LogP contribution in [0.3, 0.4) is 0 Å². The quantitative estimate of drug-likeness (QED) is 0.650. The average Bonchev–Trinajstić information content (AvgIpc) is 2.96. The van der Waals surface area contributed by atoms with Gasteiger partial charge in [-0.2, -0.15) is 0 Å². The lowest BCUT2D eigenvalue weighted by atomic mass is 9.81. The number of carbonyl (C=O) groups excluding carboxylic acids is 1. The number of nitrogens with zero attached hydrogens (tertiary/aromatic N) is 2. The highest BCUT2D eigenvalue weighted by molar-refractivity contribution is 5.80. The number of amides is 1. The number of benzene rings is 2. The fraction of sp³-hybridized carbons (Fsp3) is 0.423. The van der Waals surface area contributed by atoms with Crippen LogP contribution in [0.15, 0.2) is 66.7 Å². The van der Waals surface area contributed by atoms with Crippen LogP contribution in [0.2, 0.25) is 0 Å². The number of piperidine rings is 1. The maximum Gasteiger partial charge on any atom is 0.226 e. The third kappa shape index (κ3) is 5.37. The van der Waals surface area contributed by atoms with Crippen molar-refractivity contribution in [3.05, 3.63) is 83.7 Å². The van der Waals surface area contributed by atoms with E-state index >= 15 is 0 Å². The normalized spacial score (nSPS) is 21.0. The molecule has 0 radical (unpaired) electrons. The monoisotopic (exact) mass is 406 g/mol. The van der Waals surface area contributed by atoms with E-state index in [0.29, 0.717) is 19.0 Å². The molecule has 1 fully saturated rings. The lowest BCUT2D eigenvalue weighted by Gasteiger charge is -2.36. The van der Waals surface area contributed by atoms with Gasteiger partial charge in [-0.1, -0.05) is 54.6 Å². The Morgan fingerprint density at radius 3 is 2.37 bits per heavy atom. The number of halogens is 1. The van der Waals surface area contributed by atoms with Gasteiger partial charge in [-0.25, -0.2) is 4.39 Å². The van der Waals surface area contributed by atoms with Crippen LogP contribution < -0.4 is 0 Å². The fourth-order valence-electron chi connectivity index (χ4n) is 4.73. The van der Waals surface area contributed by atoms with E-state index in [9.17, 15) is 9.18 Å². The van der Waals surface area contributed by atoms with E-state index in [1.54, 1.807) is 12.1 Å². The Kier molecular flexibility index (Phi) is 6.96. The molecule has 1 atom stereocenters. The van der Waals surface area contributed by atoms with Gasteiger partial charge in [0.1, 0.15) is 5.82 Å². The number of hydrogen-bond acceptors (Lipinski definition) is 2. The first-order valence-electron chi connectivity index (χ1n) is 11.1. The molecular weight excluding hydrogens is 375 g/mol. The second-order valence-electron chi connectivity index (χ2n) is 8.57. The molecule has 0 N–H and O–H groups in total. The second kappa shape index (κ2) is 10.0. The fourth-order valence-corrected chi connectivity index (χ4v) is 4.73. The lowest BCUT2D eigenvalue weighted by molar-refractivity contribution is -0.137. The van der Waals surface area contributed by atoms with Crippen molar-refractivity contribution in [2.24, 2.45) is 11.8 Å². The third-order valence-corrected chi connectivity index (χ3v) is 6.56. The van der Waals surface area contributed by atoms with Crippen LogP contribution in [0.1, 0.15) is 30.4 Å². The van der Waals surface area contributed by atoms with Gasteiger partial charge >= 0.3 is 0 Å². The van der Waals surface area contributed by atoms with Crippen molar-refractivity contribution in [1.82, 2.24) is 9.80 Å². The van der Waals surface area contributed by atoms with Crippen molar-refractivity contribution >= 4 is 5.91 Å². The summed E-state index contributed by atoms with van der Waals surface area (Å²) >= 11 is 0. The first-order valence-corrected chi connectivity index (χ1v) is 11.1. The topological polar surface area (TPSA) is 23.6 Å². The number of carbonyl (C=O) groups is 1. The lowest BCUT2D eigenvalue weighted by Crippen LogP contribution is -2.42. The summed E-state index contributed by atoms with van der Waals surface area (Å²) in [5.74, 6) is 0.536. The predicted molar refractivity (Wildman–Crippen MR) is 118 cm³/mol. The minimum absolute atomic E-state index is 0.0699. The molecule has 0 aliphatic carbocycles. The Hall–Kier alpha value is -2.46. The van der Waals surface area contributed by atoms with Gasteiger partial charge in [0.15, 0.2) is 0 Å². The summed E-state index contributed by atoms with van der Waals surface area (Å²) in [6.07, 6.45) is 8.38. The zero-order chi connectivity index (χ0) is 20.8. The van der Waals surface area contributed by atoms with Crippen LogP contribution in [0, 0.1) is 17.7 Å². The predicted octanol–water partition coefficient (Wildman–Crippen LogP) is 4.69. The Bertz CT molecular complexity index is 841. The van der Waals surface area contributed by atoms with Crippen molar-refractivity contribution in [2.75, 3.05) is 26.2 Å². The molecule has 1 saturated heterocycles. The average molecular weight is 407 g/mol. The molecule has 0 saturated carbocycles. The molecular formula is C26H31FN2O. The highest BCUT2D eigenvalue weighted by Crippen LogP contribution is 2.31. The van der Waals surface area contributed by atoms with Crippen LogP contribution in [0.4, 0.5) is 4.39 Å². The van der Waals surface area contributed by atoms with Gasteiger partial charge in [-0.3, -0.25) is 4.79 Å². The van der Waals surface area contributed by atoms with Gasteiger partial charge in [0.05, 0.1) is 0 Å². The van der Waals surface area contributed by atoms with Crippen LogP contribution in [0.5, 0.6) is 0 Å². The Balaban J connectivity index is 1.31. The molecule has 0 bridgehead atoms. The summed E-state index contributed by atoms with van der Waals surface area (Å²) in [6, 6.07) is 17.1. The minimum atomic E-state index is -0.238. The molecule has 4 heteroatoms. The number of hydrogen-bond donors (Lipinski definition) is 0. The van der Waals surface area contributed by atoms with Gasteiger partial charge in [0.2, 0.25) is 5.91 Å². The smallest absolute Gasteiger partial charge is 0.226 e. The summed E-state index contributed by atoms with van der Waals surface area (Å²) in [5, 5.41) is 0. The molecule has 158 valence electrons. The van der Waals surface area contributed by atoms with Gasteiger partial charge < -0.3 is 9.80 Å². The van der Waals surface area contributed by atoms with Gasteiger partial charge in [-0.05, 0) is 68.0 Å². The van der Waals surface area contributed by atoms with Gasteiger partial charge in [-0.15, -0.1) is 0 Å². The molecule has 2 aliphatic rings. The molecule has 4 rings (SSSR count). The van der Waals surface area contributed by atoms with E-state index in [4.69, 9.17) is 0 Å². The maximum absolute atomic E-state index is 13.3. The molecule has 2 aromatic carbocycles. The minimum Gasteiger partial charge on any atom is -0.334 e. The Labute approximate surface area is 179 Å². The Morgan fingerprint density at radius 2 is 1.63 bits per heavy atom. The van der Waals surface area contributed by atoms with E-state index in [0.717, 1.165) is 50.9 Å². The molecule has 0 spiro atoms. The number of allylic oxidation sites excluding steroid dienone is 1. The van der Waals surface area contributed by atoms with E-state index in [1.165, 1.54) is 17.7 Å².